The van der Waals surface area contributed by atoms with Gasteiger partial charge in [0.1, 0.15) is 0 Å². The van der Waals surface area contributed by atoms with E-state index in [1.165, 1.54) is 0 Å². The van der Waals surface area contributed by atoms with Gasteiger partial charge in [0.05, 0.1) is 0 Å². The van der Waals surface area contributed by atoms with Crippen LogP contribution in [0.2, 0.25) is 0 Å². The van der Waals surface area contributed by atoms with Crippen LogP contribution in [0.4, 0.5) is 0 Å². The Morgan fingerprint density at radius 3 is 1.20 bits per heavy atom. The normalized spacial score (nSPS) is 0. The molecule has 0 aliphatic rings. The Bertz CT molecular complexity index is 17.7. The van der Waals surface area contributed by atoms with E-state index in [-0.39, 0.29) is 106 Å². The predicted molar refractivity (Wildman–Crippen MR) is 39.2 cm³/mol. The second kappa shape index (κ2) is 27.2. The summed E-state index contributed by atoms with van der Waals surface area (Å²) in [6.07, 6.45) is 0. The fraction of sp³-hybridized carbons (Fsp3) is 0. The molecule has 0 saturated carbocycles. The third-order valence-electron chi connectivity index (χ3n) is 0. The van der Waals surface area contributed by atoms with Gasteiger partial charge in [-0.25, -0.2) is 0 Å². The Kier molecular flexibility index (Phi) is 228. The van der Waals surface area contributed by atoms with Crippen molar-refractivity contribution in [3.8, 4) is 0 Å². The average Bonchev–Trinajstić information content (AvgIpc) is 0. The van der Waals surface area contributed by atoms with Crippen LogP contribution in [0.25, 0.3) is 0 Å². The van der Waals surface area contributed by atoms with E-state index in [9.17, 15) is 0 Å². The van der Waals surface area contributed by atoms with E-state index in [0.717, 1.165) is 0 Å². The second-order valence-electron chi connectivity index (χ2n) is 0. The topological polar surface area (TPSA) is 0 Å². The summed E-state index contributed by atoms with van der Waals surface area (Å²) in [6, 6.07) is 0. The average molecular weight is 297 g/mol. The van der Waals surface area contributed by atoms with Gasteiger partial charge in [0, 0.05) is 19.5 Å². The zero-order valence-corrected chi connectivity index (χ0v) is 9.19. The summed E-state index contributed by atoms with van der Waals surface area (Å²) < 4.78 is 0. The molecule has 0 radical (unpaired) electrons. The van der Waals surface area contributed by atoms with Gasteiger partial charge in [-0.3, -0.25) is 0 Å². The molecule has 0 amide bonds. The molecule has 0 aliphatic heterocycles. The largest absolute Gasteiger partial charge is 0.0149 e. The van der Waals surface area contributed by atoms with Crippen molar-refractivity contribution in [1.29, 1.82) is 0 Å². The maximum atomic E-state index is 0. The smallest absolute Gasteiger partial charge is 0 e. The van der Waals surface area contributed by atoms with Crippen LogP contribution in [-0.4, -0.2) is 83.4 Å². The van der Waals surface area contributed by atoms with Gasteiger partial charge in [-0.1, -0.05) is 0 Å². The molecule has 0 spiro atoms. The summed E-state index contributed by atoms with van der Waals surface area (Å²) in [5.41, 5.74) is 0. The molecule has 0 rings (SSSR count). The van der Waals surface area contributed by atoms with Crippen molar-refractivity contribution in [1.82, 2.24) is 0 Å². The van der Waals surface area contributed by atoms with Crippen LogP contribution in [-0.2, 0) is 19.5 Å². The minimum atomic E-state index is 0. The van der Waals surface area contributed by atoms with E-state index in [0.29, 0.717) is 0 Å². The van der Waals surface area contributed by atoms with Gasteiger partial charge in [0.2, 0.25) is 0 Å². The molecule has 0 aromatic rings. The van der Waals surface area contributed by atoms with E-state index in [2.05, 4.69) is 0 Å². The predicted octanol–water partition coefficient (Wildman–Crippen LogP) is -3.98. The minimum absolute atomic E-state index is 0. The van der Waals surface area contributed by atoms with Crippen molar-refractivity contribution in [3.05, 3.63) is 0 Å². The van der Waals surface area contributed by atoms with Gasteiger partial charge in [0.15, 0.2) is 0 Å². The summed E-state index contributed by atoms with van der Waals surface area (Å²) in [4.78, 5) is 0. The summed E-state index contributed by atoms with van der Waals surface area (Å²) in [5, 5.41) is 0. The quantitative estimate of drug-likeness (QED) is 0.400. The minimum Gasteiger partial charge on any atom is -0.0149 e. The van der Waals surface area contributed by atoms with E-state index in [1.54, 1.807) is 0 Å². The van der Waals surface area contributed by atoms with Crippen molar-refractivity contribution in [2.75, 3.05) is 0 Å². The molecular formula is H12CaGeSeSiZn. The molecule has 0 aliphatic carbocycles. The van der Waals surface area contributed by atoms with Crippen molar-refractivity contribution >= 4 is 83.4 Å². The van der Waals surface area contributed by atoms with Crippen LogP contribution >= 0.6 is 0 Å². The fourth-order valence-corrected chi connectivity index (χ4v) is 0. The first-order chi connectivity index (χ1) is 0. The summed E-state index contributed by atoms with van der Waals surface area (Å²) in [6.45, 7) is 0. The van der Waals surface area contributed by atoms with Crippen molar-refractivity contribution < 1.29 is 22.3 Å². The molecule has 0 aromatic carbocycles. The van der Waals surface area contributed by atoms with Crippen molar-refractivity contribution in [2.24, 2.45) is 0 Å². The van der Waals surface area contributed by atoms with E-state index >= 15 is 0 Å². The first kappa shape index (κ1) is 41.9. The van der Waals surface area contributed by atoms with E-state index in [1.807, 2.05) is 0 Å². The molecule has 5 heteroatoms. The maximum absolute atomic E-state index is 0. The summed E-state index contributed by atoms with van der Waals surface area (Å²) in [7, 11) is 0. The molecule has 0 heterocycles. The fourth-order valence-electron chi connectivity index (χ4n) is 0. The maximum Gasteiger partial charge on any atom is 0 e. The molecule has 5 heavy (non-hydrogen) atoms. The van der Waals surface area contributed by atoms with Crippen LogP contribution in [0.5, 0.6) is 0 Å². The zero-order chi connectivity index (χ0) is 0. The van der Waals surface area contributed by atoms with Crippen LogP contribution in [0, 0.1) is 0 Å². The van der Waals surface area contributed by atoms with Gasteiger partial charge in [-0.05, 0) is 11.0 Å². The van der Waals surface area contributed by atoms with Crippen molar-refractivity contribution in [3.63, 3.8) is 0 Å². The number of hydrogen-bond donors (Lipinski definition) is 0. The first-order valence-corrected chi connectivity index (χ1v) is 0. The Labute approximate surface area is 104 Å². The van der Waals surface area contributed by atoms with Gasteiger partial charge < -0.3 is 2.85 Å². The molecule has 30 valence electrons. The van der Waals surface area contributed by atoms with Crippen molar-refractivity contribution in [2.45, 2.75) is 0 Å². The Morgan fingerprint density at radius 1 is 1.20 bits per heavy atom. The molecule has 0 atom stereocenters. The van der Waals surface area contributed by atoms with Gasteiger partial charge in [0.25, 0.3) is 0 Å². The number of rotatable bonds is 0. The Hall–Kier alpha value is 3.16. The molecule has 0 aromatic heterocycles. The monoisotopic (exact) mass is 298 g/mol. The van der Waals surface area contributed by atoms with E-state index < -0.39 is 0 Å². The Morgan fingerprint density at radius 2 is 1.20 bits per heavy atom. The Balaban J connectivity index is 0. The van der Waals surface area contributed by atoms with Crippen LogP contribution in [0.15, 0.2) is 0 Å². The molecular weight excluding hydrogens is 285 g/mol. The summed E-state index contributed by atoms with van der Waals surface area (Å²) >= 11 is 0. The number of hydrogen-bond acceptors (Lipinski definition) is 0. The third-order valence-corrected chi connectivity index (χ3v) is 0. The molecule has 0 N–H and O–H groups in total. The second-order valence-corrected chi connectivity index (χ2v) is 0. The molecule has 0 fully saturated rings. The van der Waals surface area contributed by atoms with Crippen LogP contribution in [0.1, 0.15) is 2.85 Å². The van der Waals surface area contributed by atoms with E-state index in [4.69, 9.17) is 0 Å². The standard InChI is InChI=1S/Ca.GeH4.H2Se.H4Si.Zn.2H/h;1H4;1H2;1H4;;;/q+2;;;;;2*-1. The first-order valence-electron chi connectivity index (χ1n) is 0. The SMILES string of the molecule is [Ca+2].[GeH4].[H-].[H-].[SeH2].[SiH4].[Zn]. The molecule has 0 nitrogen and oxygen atoms in total. The van der Waals surface area contributed by atoms with Crippen LogP contribution < -0.4 is 0 Å². The summed E-state index contributed by atoms with van der Waals surface area (Å²) in [5.74, 6) is 0. The molecule has 0 saturated heterocycles. The molecule has 0 unspecified atom stereocenters. The van der Waals surface area contributed by atoms with Crippen LogP contribution in [0.3, 0.4) is 0 Å². The molecule has 0 bridgehead atoms. The van der Waals surface area contributed by atoms with Gasteiger partial charge >= 0.3 is 72.4 Å². The van der Waals surface area contributed by atoms with Gasteiger partial charge in [-0.2, -0.15) is 0 Å². The third kappa shape index (κ3) is 19.1. The van der Waals surface area contributed by atoms with Gasteiger partial charge in [-0.15, -0.1) is 0 Å². The zero-order valence-electron chi connectivity index (χ0n) is 3.91.